The van der Waals surface area contributed by atoms with E-state index in [2.05, 4.69) is 10.6 Å². The number of amides is 1. The molecule has 1 unspecified atom stereocenters. The smallest absolute Gasteiger partial charge is 0.326 e. The van der Waals surface area contributed by atoms with Crippen LogP contribution in [0.25, 0.3) is 0 Å². The lowest BCUT2D eigenvalue weighted by Gasteiger charge is -2.33. The fraction of sp³-hybridized carbons (Fsp3) is 0.217. The van der Waals surface area contributed by atoms with Gasteiger partial charge in [0.2, 0.25) is 0 Å². The molecule has 0 aromatic heterocycles. The number of benzene rings is 2. The number of rotatable bonds is 6. The maximum Gasteiger partial charge on any atom is 0.326 e. The first kappa shape index (κ1) is 21.1. The molecule has 3 aromatic rings. The van der Waals surface area contributed by atoms with Gasteiger partial charge in [0.05, 0.1) is 11.3 Å². The van der Waals surface area contributed by atoms with Crippen LogP contribution in [0.5, 0.6) is 5.75 Å². The van der Waals surface area contributed by atoms with Crippen LogP contribution in [0.1, 0.15) is 29.6 Å². The van der Waals surface area contributed by atoms with Gasteiger partial charge in [-0.05, 0) is 43.5 Å². The first-order valence-electron chi connectivity index (χ1n) is 10.2. The summed E-state index contributed by atoms with van der Waals surface area (Å²) in [6.07, 6.45) is 1.72. The van der Waals surface area contributed by atoms with E-state index in [-0.39, 0.29) is 29.2 Å². The fourth-order valence-corrected chi connectivity index (χ4v) is 3.83. The molecule has 1 heterocycles. The zero-order valence-corrected chi connectivity index (χ0v) is 17.0. The number of carbonyl (C=O) groups excluding carboxylic acids is 1. The van der Waals surface area contributed by atoms with Crippen molar-refractivity contribution < 1.29 is 19.8 Å². The Kier molecular flexibility index (Phi) is 5.63. The van der Waals surface area contributed by atoms with Crippen molar-refractivity contribution >= 4 is 34.6 Å². The van der Waals surface area contributed by atoms with Crippen LogP contribution in [0.15, 0.2) is 58.1 Å². The van der Waals surface area contributed by atoms with Crippen LogP contribution < -0.4 is 21.5 Å². The lowest BCUT2D eigenvalue weighted by Crippen LogP contribution is -2.48. The molecule has 1 amide bonds. The number of hydrogen-bond donors (Lipinski definition) is 4. The van der Waals surface area contributed by atoms with E-state index in [1.165, 1.54) is 23.1 Å². The summed E-state index contributed by atoms with van der Waals surface area (Å²) in [6.45, 7) is 0.274. The van der Waals surface area contributed by atoms with Gasteiger partial charge < -0.3 is 25.7 Å². The van der Waals surface area contributed by atoms with Crippen molar-refractivity contribution in [2.75, 3.05) is 17.2 Å². The number of nitrogens with one attached hydrogen (secondary N) is 2. The van der Waals surface area contributed by atoms with Gasteiger partial charge >= 0.3 is 5.97 Å². The molecule has 164 valence electrons. The molecule has 0 aliphatic carbocycles. The second kappa shape index (κ2) is 8.54. The van der Waals surface area contributed by atoms with Gasteiger partial charge in [-0.15, -0.1) is 0 Å². The average Bonchev–Trinajstić information content (AvgIpc) is 2.82. The number of anilines is 4. The summed E-state index contributed by atoms with van der Waals surface area (Å²) in [7, 11) is 0. The average molecular weight is 435 g/mol. The van der Waals surface area contributed by atoms with Crippen molar-refractivity contribution in [2.45, 2.75) is 25.3 Å². The van der Waals surface area contributed by atoms with E-state index in [4.69, 9.17) is 0 Å². The number of aromatic hydroxyl groups is 1. The number of piperidine rings is 1. The molecule has 0 radical (unpaired) electrons. The fourth-order valence-electron chi connectivity index (χ4n) is 3.83. The lowest BCUT2D eigenvalue weighted by molar-refractivity contribution is -0.143. The van der Waals surface area contributed by atoms with Crippen molar-refractivity contribution in [1.29, 1.82) is 0 Å². The lowest BCUT2D eigenvalue weighted by atomic mass is 10.0. The minimum atomic E-state index is -1.09. The van der Waals surface area contributed by atoms with E-state index in [9.17, 15) is 29.4 Å². The number of nitrogens with zero attached hydrogens (tertiary/aromatic N) is 1. The van der Waals surface area contributed by atoms with Crippen LogP contribution in [0.4, 0.5) is 22.7 Å². The molecule has 1 fully saturated rings. The standard InChI is InChI=1S/C23H21N3O6/c27-19-14(22(30)26-12-5-4-11-16(26)23(31)32)9-6-10-15(19)25-18-17(20(28)21(18)29)24-13-7-2-1-3-8-13/h1-3,6-10,16,24-25,27H,4-5,11-12H2,(H,31,32). The monoisotopic (exact) mass is 435 g/mol. The van der Waals surface area contributed by atoms with Crippen LogP contribution in [0.2, 0.25) is 0 Å². The van der Waals surface area contributed by atoms with E-state index < -0.39 is 34.5 Å². The van der Waals surface area contributed by atoms with Crippen molar-refractivity contribution in [1.82, 2.24) is 4.90 Å². The molecular formula is C23H21N3O6. The minimum absolute atomic E-state index is 0.0277. The number of carbonyl (C=O) groups is 2. The van der Waals surface area contributed by atoms with Crippen LogP contribution in [-0.2, 0) is 4.79 Å². The number of likely N-dealkylation sites (tertiary alicyclic amines) is 1. The Morgan fingerprint density at radius 2 is 1.59 bits per heavy atom. The normalized spacial score (nSPS) is 16.0. The van der Waals surface area contributed by atoms with E-state index in [0.717, 1.165) is 0 Å². The number of para-hydroxylation sites is 2. The molecule has 1 aliphatic heterocycles. The van der Waals surface area contributed by atoms with Gasteiger partial charge in [-0.1, -0.05) is 24.3 Å². The molecule has 32 heavy (non-hydrogen) atoms. The van der Waals surface area contributed by atoms with Crippen molar-refractivity contribution in [3.8, 4) is 5.75 Å². The second-order valence-corrected chi connectivity index (χ2v) is 7.57. The quantitative estimate of drug-likeness (QED) is 0.343. The molecule has 4 N–H and O–H groups in total. The zero-order valence-electron chi connectivity index (χ0n) is 17.0. The first-order valence-corrected chi connectivity index (χ1v) is 10.2. The maximum atomic E-state index is 13.0. The summed E-state index contributed by atoms with van der Waals surface area (Å²) in [5.41, 5.74) is -0.829. The van der Waals surface area contributed by atoms with Crippen LogP contribution in [-0.4, -0.2) is 39.6 Å². The van der Waals surface area contributed by atoms with Crippen molar-refractivity contribution in [3.05, 3.63) is 74.5 Å². The second-order valence-electron chi connectivity index (χ2n) is 7.57. The van der Waals surface area contributed by atoms with Crippen LogP contribution in [0, 0.1) is 0 Å². The Balaban J connectivity index is 1.61. The molecule has 1 atom stereocenters. The van der Waals surface area contributed by atoms with E-state index in [0.29, 0.717) is 24.9 Å². The third-order valence-corrected chi connectivity index (χ3v) is 5.53. The number of carboxylic acids is 1. The highest BCUT2D eigenvalue weighted by Crippen LogP contribution is 2.34. The minimum Gasteiger partial charge on any atom is -0.505 e. The van der Waals surface area contributed by atoms with Gasteiger partial charge in [0.1, 0.15) is 17.4 Å². The van der Waals surface area contributed by atoms with Gasteiger partial charge in [-0.25, -0.2) is 4.79 Å². The van der Waals surface area contributed by atoms with E-state index >= 15 is 0 Å². The van der Waals surface area contributed by atoms with Gasteiger partial charge in [0, 0.05) is 12.2 Å². The van der Waals surface area contributed by atoms with Crippen LogP contribution >= 0.6 is 0 Å². The molecule has 9 heteroatoms. The molecule has 1 aliphatic rings. The zero-order chi connectivity index (χ0) is 22.8. The summed E-state index contributed by atoms with van der Waals surface area (Å²) in [6, 6.07) is 12.2. The predicted molar refractivity (Wildman–Crippen MR) is 119 cm³/mol. The first-order chi connectivity index (χ1) is 15.4. The molecule has 1 saturated heterocycles. The molecular weight excluding hydrogens is 414 g/mol. The third-order valence-electron chi connectivity index (χ3n) is 5.53. The third kappa shape index (κ3) is 3.80. The molecule has 0 spiro atoms. The Morgan fingerprint density at radius 1 is 0.906 bits per heavy atom. The highest BCUT2D eigenvalue weighted by Gasteiger charge is 2.34. The van der Waals surface area contributed by atoms with Gasteiger partial charge in [-0.2, -0.15) is 0 Å². The Morgan fingerprint density at radius 3 is 2.28 bits per heavy atom. The topological polar surface area (TPSA) is 136 Å². The molecule has 0 bridgehead atoms. The van der Waals surface area contributed by atoms with Gasteiger partial charge in [-0.3, -0.25) is 14.4 Å². The molecule has 3 aromatic carbocycles. The van der Waals surface area contributed by atoms with E-state index in [1.54, 1.807) is 24.3 Å². The summed E-state index contributed by atoms with van der Waals surface area (Å²) in [5.74, 6) is -2.12. The largest absolute Gasteiger partial charge is 0.505 e. The number of phenols is 1. The molecule has 0 saturated carbocycles. The van der Waals surface area contributed by atoms with Crippen molar-refractivity contribution in [3.63, 3.8) is 0 Å². The summed E-state index contributed by atoms with van der Waals surface area (Å²) in [4.78, 5) is 50.0. The molecule has 4 rings (SSSR count). The van der Waals surface area contributed by atoms with Crippen LogP contribution in [0.3, 0.4) is 0 Å². The SMILES string of the molecule is O=C(O)C1CCCCN1C(=O)c1cccc(Nc2c(Nc3ccccc3)c(=O)c2=O)c1O. The number of hydrogen-bond acceptors (Lipinski definition) is 7. The highest BCUT2D eigenvalue weighted by molar-refractivity contribution is 6.01. The number of aliphatic carboxylic acids is 1. The van der Waals surface area contributed by atoms with Gasteiger partial charge in [0.15, 0.2) is 5.75 Å². The van der Waals surface area contributed by atoms with Gasteiger partial charge in [0.25, 0.3) is 16.8 Å². The molecule has 9 nitrogen and oxygen atoms in total. The predicted octanol–water partition coefficient (Wildman–Crippen LogP) is 2.55. The summed E-state index contributed by atoms with van der Waals surface area (Å²) >= 11 is 0. The number of carboxylic acid groups (broad SMARTS) is 1. The van der Waals surface area contributed by atoms with Crippen molar-refractivity contribution in [2.24, 2.45) is 0 Å². The number of phenolic OH excluding ortho intramolecular Hbond substituents is 1. The summed E-state index contributed by atoms with van der Waals surface area (Å²) < 4.78 is 0. The Labute approximate surface area is 182 Å². The Hall–Kier alpha value is -4.14. The Bertz CT molecular complexity index is 1250. The maximum absolute atomic E-state index is 13.0. The van der Waals surface area contributed by atoms with E-state index in [1.807, 2.05) is 6.07 Å². The highest BCUT2D eigenvalue weighted by atomic mass is 16.4. The summed E-state index contributed by atoms with van der Waals surface area (Å²) in [5, 5.41) is 25.8.